The summed E-state index contributed by atoms with van der Waals surface area (Å²) in [5.74, 6) is -0.607. The third kappa shape index (κ3) is 2.96. The topological polar surface area (TPSA) is 81.4 Å². The maximum atomic E-state index is 13.0. The molecule has 1 aliphatic rings. The number of nitrogens with two attached hydrogens (primary N) is 1. The molecular weight excluding hydrogens is 366 g/mol. The molecule has 0 saturated carbocycles. The molecule has 0 fully saturated rings. The number of carbonyl (C=O) groups excluding carboxylic acids is 2. The van der Waals surface area contributed by atoms with E-state index >= 15 is 0 Å². The number of hydrogen-bond donors (Lipinski definition) is 2. The quantitative estimate of drug-likeness (QED) is 0.513. The summed E-state index contributed by atoms with van der Waals surface area (Å²) in [6, 6.07) is 15.5. The minimum atomic E-state index is -2.91. The minimum Gasteiger partial charge on any atom is -0.435 e. The van der Waals surface area contributed by atoms with E-state index in [1.165, 1.54) is 24.3 Å². The minimum absolute atomic E-state index is 0.0140. The molecule has 0 aromatic heterocycles. The molecule has 140 valence electrons. The van der Waals surface area contributed by atoms with Crippen LogP contribution in [0.25, 0.3) is 0 Å². The molecule has 1 aliphatic carbocycles. The molecule has 3 N–H and O–H groups in total. The summed E-state index contributed by atoms with van der Waals surface area (Å²) >= 11 is 0. The van der Waals surface area contributed by atoms with Crippen LogP contribution in [0.5, 0.6) is 5.75 Å². The number of benzene rings is 3. The molecule has 0 heterocycles. The van der Waals surface area contributed by atoms with Crippen LogP contribution < -0.4 is 15.8 Å². The van der Waals surface area contributed by atoms with Gasteiger partial charge in [-0.05, 0) is 36.4 Å². The Morgan fingerprint density at radius 1 is 0.821 bits per heavy atom. The van der Waals surface area contributed by atoms with Gasteiger partial charge in [0.2, 0.25) is 0 Å². The second-order valence-corrected chi connectivity index (χ2v) is 6.18. The van der Waals surface area contributed by atoms with Gasteiger partial charge in [-0.15, -0.1) is 0 Å². The van der Waals surface area contributed by atoms with Crippen molar-refractivity contribution in [2.45, 2.75) is 6.61 Å². The molecule has 28 heavy (non-hydrogen) atoms. The Morgan fingerprint density at radius 2 is 1.43 bits per heavy atom. The number of ether oxygens (including phenoxy) is 1. The second kappa shape index (κ2) is 6.77. The lowest BCUT2D eigenvalue weighted by Gasteiger charge is -2.22. The summed E-state index contributed by atoms with van der Waals surface area (Å²) in [5, 5.41) is 3.05. The SMILES string of the molecule is Nc1ccc(Nc2ccc(OC(F)F)cc2)c2c1C(=O)c1ccccc1C2=O. The van der Waals surface area contributed by atoms with E-state index in [9.17, 15) is 18.4 Å². The molecule has 3 aromatic carbocycles. The van der Waals surface area contributed by atoms with Gasteiger partial charge in [-0.2, -0.15) is 8.78 Å². The maximum Gasteiger partial charge on any atom is 0.387 e. The smallest absolute Gasteiger partial charge is 0.387 e. The number of nitrogen functional groups attached to an aromatic ring is 1. The van der Waals surface area contributed by atoms with Gasteiger partial charge in [0.05, 0.1) is 16.8 Å². The number of ketones is 2. The lowest BCUT2D eigenvalue weighted by molar-refractivity contribution is -0.0498. The Labute approximate surface area is 158 Å². The summed E-state index contributed by atoms with van der Waals surface area (Å²) in [6.45, 7) is -2.91. The van der Waals surface area contributed by atoms with E-state index in [0.717, 1.165) is 0 Å². The van der Waals surface area contributed by atoms with Crippen molar-refractivity contribution in [3.8, 4) is 5.75 Å². The maximum absolute atomic E-state index is 13.0. The van der Waals surface area contributed by atoms with E-state index in [1.54, 1.807) is 36.4 Å². The van der Waals surface area contributed by atoms with Gasteiger partial charge in [0.25, 0.3) is 0 Å². The number of halogens is 2. The van der Waals surface area contributed by atoms with Crippen molar-refractivity contribution in [2.75, 3.05) is 11.1 Å². The lowest BCUT2D eigenvalue weighted by Crippen LogP contribution is -2.23. The van der Waals surface area contributed by atoms with Crippen molar-refractivity contribution in [2.24, 2.45) is 0 Å². The predicted molar refractivity (Wildman–Crippen MR) is 101 cm³/mol. The third-order valence-electron chi connectivity index (χ3n) is 4.47. The number of rotatable bonds is 4. The van der Waals surface area contributed by atoms with Gasteiger partial charge >= 0.3 is 6.61 Å². The second-order valence-electron chi connectivity index (χ2n) is 6.18. The molecule has 3 aromatic rings. The van der Waals surface area contributed by atoms with Crippen molar-refractivity contribution in [1.29, 1.82) is 0 Å². The van der Waals surface area contributed by atoms with E-state index in [-0.39, 0.29) is 34.1 Å². The van der Waals surface area contributed by atoms with E-state index in [2.05, 4.69) is 10.1 Å². The van der Waals surface area contributed by atoms with E-state index in [0.29, 0.717) is 22.5 Å². The van der Waals surface area contributed by atoms with Crippen molar-refractivity contribution in [3.05, 3.63) is 82.9 Å². The first kappa shape index (κ1) is 17.7. The fourth-order valence-electron chi connectivity index (χ4n) is 3.23. The molecule has 0 spiro atoms. The average Bonchev–Trinajstić information content (AvgIpc) is 2.68. The molecule has 0 amide bonds. The molecular formula is C21H14F2N2O3. The van der Waals surface area contributed by atoms with Crippen LogP contribution >= 0.6 is 0 Å². The van der Waals surface area contributed by atoms with Gasteiger partial charge in [0, 0.05) is 22.5 Å². The fourth-order valence-corrected chi connectivity index (χ4v) is 3.23. The van der Waals surface area contributed by atoms with Crippen LogP contribution in [0.1, 0.15) is 31.8 Å². The van der Waals surface area contributed by atoms with Crippen LogP contribution in [0, 0.1) is 0 Å². The molecule has 0 unspecified atom stereocenters. The van der Waals surface area contributed by atoms with Crippen molar-refractivity contribution >= 4 is 28.6 Å². The van der Waals surface area contributed by atoms with Crippen LogP contribution in [0.3, 0.4) is 0 Å². The molecule has 7 heteroatoms. The normalized spacial score (nSPS) is 12.5. The molecule has 0 saturated heterocycles. The van der Waals surface area contributed by atoms with Crippen LogP contribution in [0.2, 0.25) is 0 Å². The van der Waals surface area contributed by atoms with Gasteiger partial charge in [0.1, 0.15) is 5.75 Å². The van der Waals surface area contributed by atoms with Gasteiger partial charge in [-0.1, -0.05) is 24.3 Å². The van der Waals surface area contributed by atoms with Crippen LogP contribution in [0.15, 0.2) is 60.7 Å². The number of fused-ring (bicyclic) bond motifs is 2. The average molecular weight is 380 g/mol. The first-order valence-electron chi connectivity index (χ1n) is 8.38. The Hall–Kier alpha value is -3.74. The third-order valence-corrected chi connectivity index (χ3v) is 4.47. The summed E-state index contributed by atoms with van der Waals surface area (Å²) < 4.78 is 28.9. The summed E-state index contributed by atoms with van der Waals surface area (Å²) in [6.07, 6.45) is 0. The molecule has 0 radical (unpaired) electrons. The highest BCUT2D eigenvalue weighted by atomic mass is 19.3. The summed E-state index contributed by atoms with van der Waals surface area (Å²) in [7, 11) is 0. The van der Waals surface area contributed by atoms with E-state index < -0.39 is 6.61 Å². The van der Waals surface area contributed by atoms with Crippen LogP contribution in [0.4, 0.5) is 25.8 Å². The largest absolute Gasteiger partial charge is 0.435 e. The lowest BCUT2D eigenvalue weighted by atomic mass is 9.82. The first-order valence-corrected chi connectivity index (χ1v) is 8.38. The summed E-state index contributed by atoms with van der Waals surface area (Å²) in [5.41, 5.74) is 8.13. The van der Waals surface area contributed by atoms with Gasteiger partial charge in [-0.3, -0.25) is 9.59 Å². The standard InChI is InChI=1S/C21H14F2N2O3/c22-21(23)28-12-7-5-11(6-8-12)25-16-10-9-15(24)17-18(16)20(27)14-4-2-1-3-13(14)19(17)26/h1-10,21,25H,24H2. The zero-order valence-electron chi connectivity index (χ0n) is 14.4. The van der Waals surface area contributed by atoms with E-state index in [1.807, 2.05) is 0 Å². The highest BCUT2D eigenvalue weighted by molar-refractivity contribution is 6.31. The first-order chi connectivity index (χ1) is 13.5. The Morgan fingerprint density at radius 3 is 2.04 bits per heavy atom. The fraction of sp³-hybridized carbons (Fsp3) is 0.0476. The zero-order chi connectivity index (χ0) is 19.8. The van der Waals surface area contributed by atoms with Gasteiger partial charge in [-0.25, -0.2) is 0 Å². The van der Waals surface area contributed by atoms with E-state index in [4.69, 9.17) is 5.73 Å². The highest BCUT2D eigenvalue weighted by Gasteiger charge is 2.33. The Balaban J connectivity index is 1.74. The Kier molecular flexibility index (Phi) is 4.27. The van der Waals surface area contributed by atoms with Crippen molar-refractivity contribution < 1.29 is 23.1 Å². The molecule has 5 nitrogen and oxygen atoms in total. The van der Waals surface area contributed by atoms with Crippen LogP contribution in [-0.4, -0.2) is 18.2 Å². The number of anilines is 3. The Bertz CT molecular complexity index is 1100. The van der Waals surface area contributed by atoms with Gasteiger partial charge in [0.15, 0.2) is 11.6 Å². The zero-order valence-corrected chi connectivity index (χ0v) is 14.4. The molecule has 0 atom stereocenters. The van der Waals surface area contributed by atoms with Crippen molar-refractivity contribution in [1.82, 2.24) is 0 Å². The number of nitrogens with one attached hydrogen (secondary N) is 1. The molecule has 0 bridgehead atoms. The summed E-state index contributed by atoms with van der Waals surface area (Å²) in [4.78, 5) is 25.9. The number of carbonyl (C=O) groups is 2. The monoisotopic (exact) mass is 380 g/mol. The highest BCUT2D eigenvalue weighted by Crippen LogP contribution is 2.36. The molecule has 0 aliphatic heterocycles. The predicted octanol–water partition coefficient (Wildman–Crippen LogP) is 4.39. The van der Waals surface area contributed by atoms with Crippen molar-refractivity contribution in [3.63, 3.8) is 0 Å². The van der Waals surface area contributed by atoms with Crippen LogP contribution in [-0.2, 0) is 0 Å². The number of hydrogen-bond acceptors (Lipinski definition) is 5. The van der Waals surface area contributed by atoms with Gasteiger partial charge < -0.3 is 15.8 Å². The number of alkyl halides is 2. The molecule has 4 rings (SSSR count).